The van der Waals surface area contributed by atoms with Crippen molar-refractivity contribution in [1.29, 1.82) is 0 Å². The van der Waals surface area contributed by atoms with Crippen LogP contribution in [0.5, 0.6) is 23.0 Å². The molecular weight excluding hydrogens is 772 g/mol. The number of benzene rings is 4. The molecule has 0 aliphatic rings. The van der Waals surface area contributed by atoms with Crippen molar-refractivity contribution in [3.63, 3.8) is 0 Å². The molecule has 0 saturated heterocycles. The largest absolute Gasteiger partial charge is 0.519 e. The zero-order valence-corrected chi connectivity index (χ0v) is 28.4. The lowest BCUT2D eigenvalue weighted by atomic mass is 9.78. The van der Waals surface area contributed by atoms with E-state index in [1.54, 1.807) is 36.4 Å². The van der Waals surface area contributed by atoms with Crippen molar-refractivity contribution in [3.8, 4) is 23.0 Å². The summed E-state index contributed by atoms with van der Waals surface area (Å²) in [5.41, 5.74) is 3.18. The summed E-state index contributed by atoms with van der Waals surface area (Å²) < 4.78 is 13.4. The van der Waals surface area contributed by atoms with Gasteiger partial charge in [0.1, 0.15) is 23.0 Å². The zero-order chi connectivity index (χ0) is 29.4. The van der Waals surface area contributed by atoms with Crippen molar-refractivity contribution in [3.05, 3.63) is 113 Å². The molecule has 0 aliphatic heterocycles. The lowest BCUT2D eigenvalue weighted by Crippen LogP contribution is -2.21. The average Bonchev–Trinajstić information content (AvgIpc) is 2.91. The van der Waals surface area contributed by atoms with E-state index in [1.807, 2.05) is 36.4 Å². The predicted octanol–water partition coefficient (Wildman–Crippen LogP) is 10.4. The molecule has 5 nitrogen and oxygen atoms in total. The number of rotatable bonds is 6. The van der Waals surface area contributed by atoms with Crippen LogP contribution in [0.3, 0.4) is 0 Å². The Morgan fingerprint density at radius 3 is 1.32 bits per heavy atom. The van der Waals surface area contributed by atoms with E-state index in [4.69, 9.17) is 9.47 Å². The average molecular weight is 798 g/mol. The summed E-state index contributed by atoms with van der Waals surface area (Å²) in [5, 5.41) is 19.9. The molecule has 0 amide bonds. The van der Waals surface area contributed by atoms with Gasteiger partial charge in [0.2, 0.25) is 0 Å². The Labute approximate surface area is 267 Å². The third kappa shape index (κ3) is 6.12. The van der Waals surface area contributed by atoms with E-state index in [0.29, 0.717) is 20.4 Å². The van der Waals surface area contributed by atoms with Crippen LogP contribution in [-0.2, 0) is 10.8 Å². The molecule has 0 unspecified atom stereocenters. The molecule has 4 aromatic rings. The van der Waals surface area contributed by atoms with Crippen LogP contribution >= 0.6 is 63.7 Å². The summed E-state index contributed by atoms with van der Waals surface area (Å²) in [6, 6.07) is 21.6. The fraction of sp³-hybridized carbons (Fsp3) is 0.194. The summed E-state index contributed by atoms with van der Waals surface area (Å²) in [5.74, 6) is 1.03. The van der Waals surface area contributed by atoms with E-state index in [9.17, 15) is 15.0 Å². The van der Waals surface area contributed by atoms with Crippen molar-refractivity contribution >= 4 is 69.9 Å². The third-order valence-corrected chi connectivity index (χ3v) is 11.2. The lowest BCUT2D eigenvalue weighted by Gasteiger charge is -2.30. The first-order valence-corrected chi connectivity index (χ1v) is 15.4. The Kier molecular flexibility index (Phi) is 9.10. The molecular formula is C31H26Br4O5. The van der Waals surface area contributed by atoms with Crippen molar-refractivity contribution in [2.75, 3.05) is 0 Å². The molecule has 0 aromatic heterocycles. The second-order valence-electron chi connectivity index (χ2n) is 10.3. The van der Waals surface area contributed by atoms with Gasteiger partial charge in [0.15, 0.2) is 0 Å². The van der Waals surface area contributed by atoms with Crippen molar-refractivity contribution in [2.24, 2.45) is 0 Å². The Morgan fingerprint density at radius 1 is 0.575 bits per heavy atom. The van der Waals surface area contributed by atoms with E-state index in [-0.39, 0.29) is 16.9 Å². The Morgan fingerprint density at radius 2 is 0.925 bits per heavy atom. The van der Waals surface area contributed by atoms with Gasteiger partial charge in [0.25, 0.3) is 0 Å². The maximum absolute atomic E-state index is 12.5. The molecule has 0 aliphatic carbocycles. The lowest BCUT2D eigenvalue weighted by molar-refractivity contribution is 0.152. The van der Waals surface area contributed by atoms with Gasteiger partial charge >= 0.3 is 6.16 Å². The topological polar surface area (TPSA) is 76.0 Å². The molecule has 0 radical (unpaired) electrons. The fourth-order valence-electron chi connectivity index (χ4n) is 4.45. The number of hydrogen-bond donors (Lipinski definition) is 2. The minimum atomic E-state index is -0.838. The van der Waals surface area contributed by atoms with Crippen LogP contribution in [0.1, 0.15) is 49.9 Å². The number of aromatic hydroxyl groups is 2. The summed E-state index contributed by atoms with van der Waals surface area (Å²) >= 11 is 14.1. The number of hydrogen-bond acceptors (Lipinski definition) is 5. The molecule has 208 valence electrons. The predicted molar refractivity (Wildman–Crippen MR) is 171 cm³/mol. The monoisotopic (exact) mass is 794 g/mol. The van der Waals surface area contributed by atoms with Gasteiger partial charge < -0.3 is 19.7 Å². The van der Waals surface area contributed by atoms with E-state index >= 15 is 0 Å². The Hall–Kier alpha value is -2.33. The highest BCUT2D eigenvalue weighted by Gasteiger charge is 2.32. The minimum Gasteiger partial charge on any atom is -0.508 e. The van der Waals surface area contributed by atoms with Crippen molar-refractivity contribution < 1.29 is 24.5 Å². The summed E-state index contributed by atoms with van der Waals surface area (Å²) in [6.07, 6.45) is -0.838. The van der Waals surface area contributed by atoms with Gasteiger partial charge in [-0.2, -0.15) is 0 Å². The summed E-state index contributed by atoms with van der Waals surface area (Å²) in [6.45, 7) is 8.30. The van der Waals surface area contributed by atoms with Crippen molar-refractivity contribution in [1.82, 2.24) is 0 Å². The molecule has 0 fully saturated rings. The highest BCUT2D eigenvalue weighted by Crippen LogP contribution is 2.51. The first-order chi connectivity index (χ1) is 18.7. The summed E-state index contributed by atoms with van der Waals surface area (Å²) in [7, 11) is 0. The van der Waals surface area contributed by atoms with Gasteiger partial charge in [-0.25, -0.2) is 4.79 Å². The molecule has 4 aromatic carbocycles. The van der Waals surface area contributed by atoms with E-state index < -0.39 is 11.6 Å². The van der Waals surface area contributed by atoms with Gasteiger partial charge in [-0.15, -0.1) is 0 Å². The molecule has 9 heteroatoms. The Balaban J connectivity index is 1.45. The molecule has 0 heterocycles. The number of carbonyl (C=O) groups is 1. The molecule has 0 saturated carbocycles. The van der Waals surface area contributed by atoms with Gasteiger partial charge in [0, 0.05) is 19.8 Å². The smallest absolute Gasteiger partial charge is 0.508 e. The van der Waals surface area contributed by atoms with Crippen LogP contribution in [-0.4, -0.2) is 16.4 Å². The van der Waals surface area contributed by atoms with E-state index in [0.717, 1.165) is 31.2 Å². The van der Waals surface area contributed by atoms with Crippen LogP contribution in [0.4, 0.5) is 4.79 Å². The number of halogens is 4. The highest BCUT2D eigenvalue weighted by atomic mass is 79.9. The fourth-order valence-corrected chi connectivity index (χ4v) is 7.54. The van der Waals surface area contributed by atoms with E-state index in [2.05, 4.69) is 91.4 Å². The molecule has 2 N–H and O–H groups in total. The summed E-state index contributed by atoms with van der Waals surface area (Å²) in [4.78, 5) is 12.5. The maximum Gasteiger partial charge on any atom is 0.519 e. The maximum atomic E-state index is 12.5. The molecule has 0 atom stereocenters. The van der Waals surface area contributed by atoms with Crippen LogP contribution in [0.15, 0.2) is 90.7 Å². The number of phenols is 2. The standard InChI is InChI=1S/C31H26Br4O5/c1-30(2,17-5-11-20(36)12-6-17)18-7-13-21(14-8-18)39-29(38)40-22-15-9-19(10-16-22)31(3,4)23-24(32)26(34)28(37)27(35)25(23)33/h5-16,36-37H,1-4H3. The van der Waals surface area contributed by atoms with Gasteiger partial charge in [-0.3, -0.25) is 0 Å². The second kappa shape index (κ2) is 11.9. The minimum absolute atomic E-state index is 0.0938. The number of ether oxygens (including phenoxy) is 2. The van der Waals surface area contributed by atoms with Crippen molar-refractivity contribution in [2.45, 2.75) is 38.5 Å². The number of carbonyl (C=O) groups excluding carboxylic acids is 1. The van der Waals surface area contributed by atoms with Crippen LogP contribution < -0.4 is 9.47 Å². The quantitative estimate of drug-likeness (QED) is 0.115. The zero-order valence-electron chi connectivity index (χ0n) is 22.1. The highest BCUT2D eigenvalue weighted by molar-refractivity contribution is 9.14. The van der Waals surface area contributed by atoms with E-state index in [1.165, 1.54) is 0 Å². The van der Waals surface area contributed by atoms with Gasteiger partial charge in [-0.1, -0.05) is 64.1 Å². The first kappa shape index (κ1) is 30.6. The molecule has 40 heavy (non-hydrogen) atoms. The van der Waals surface area contributed by atoms with Gasteiger partial charge in [-0.05, 0) is 122 Å². The molecule has 0 spiro atoms. The first-order valence-electron chi connectivity index (χ1n) is 12.2. The second-order valence-corrected chi connectivity index (χ2v) is 13.5. The van der Waals surface area contributed by atoms with Crippen LogP contribution in [0.2, 0.25) is 0 Å². The molecule has 4 rings (SSSR count). The third-order valence-electron chi connectivity index (χ3n) is 7.01. The molecule has 0 bridgehead atoms. The number of phenolic OH excluding ortho intramolecular Hbond substituents is 2. The van der Waals surface area contributed by atoms with Crippen LogP contribution in [0.25, 0.3) is 0 Å². The van der Waals surface area contributed by atoms with Crippen LogP contribution in [0, 0.1) is 0 Å². The Bertz CT molecular complexity index is 1520. The normalized spacial score (nSPS) is 11.8. The van der Waals surface area contributed by atoms with Gasteiger partial charge in [0.05, 0.1) is 8.95 Å². The SMILES string of the molecule is CC(C)(c1ccc(O)cc1)c1ccc(OC(=O)Oc2ccc(C(C)(C)c3c(Br)c(Br)c(O)c(Br)c3Br)cc2)cc1.